The molecule has 0 radical (unpaired) electrons. The van der Waals surface area contributed by atoms with E-state index in [9.17, 15) is 0 Å². The van der Waals surface area contributed by atoms with Crippen LogP contribution in [0.25, 0.3) is 0 Å². The molecule has 0 saturated heterocycles. The summed E-state index contributed by atoms with van der Waals surface area (Å²) in [4.78, 5) is 14.8. The van der Waals surface area contributed by atoms with Gasteiger partial charge in [-0.2, -0.15) is 20.2 Å². The van der Waals surface area contributed by atoms with Crippen LogP contribution in [0, 0.1) is 11.3 Å². The fourth-order valence-electron chi connectivity index (χ4n) is 1.57. The maximum absolute atomic E-state index is 8.70. The van der Waals surface area contributed by atoms with E-state index in [0.29, 0.717) is 37.5 Å². The number of anilines is 2. The van der Waals surface area contributed by atoms with Gasteiger partial charge in [-0.05, 0) is 20.3 Å². The molecule has 0 saturated carbocycles. The predicted molar refractivity (Wildman–Crippen MR) is 77.9 cm³/mol. The number of hydrogen-bond acceptors (Lipinski definition) is 7. The van der Waals surface area contributed by atoms with Crippen LogP contribution in [-0.2, 0) is 0 Å². The van der Waals surface area contributed by atoms with Gasteiger partial charge in [-0.15, -0.1) is 0 Å². The highest BCUT2D eigenvalue weighted by atomic mass is 16.5. The first-order valence-electron chi connectivity index (χ1n) is 6.99. The van der Waals surface area contributed by atoms with Gasteiger partial charge in [0.1, 0.15) is 0 Å². The molecule has 1 heterocycles. The second-order valence-electron chi connectivity index (χ2n) is 4.11. The van der Waals surface area contributed by atoms with E-state index in [0.717, 1.165) is 19.5 Å². The lowest BCUT2D eigenvalue weighted by Crippen LogP contribution is -2.26. The molecule has 7 heteroatoms. The number of rotatable bonds is 9. The fourth-order valence-corrected chi connectivity index (χ4v) is 1.57. The van der Waals surface area contributed by atoms with Crippen molar-refractivity contribution in [1.82, 2.24) is 15.0 Å². The van der Waals surface area contributed by atoms with Gasteiger partial charge < -0.3 is 15.0 Å². The van der Waals surface area contributed by atoms with Crippen LogP contribution in [0.1, 0.15) is 33.6 Å². The molecule has 0 spiro atoms. The zero-order valence-corrected chi connectivity index (χ0v) is 12.4. The highest BCUT2D eigenvalue weighted by Crippen LogP contribution is 2.15. The average molecular weight is 278 g/mol. The average Bonchev–Trinajstić information content (AvgIpc) is 2.46. The van der Waals surface area contributed by atoms with Gasteiger partial charge in [0.15, 0.2) is 0 Å². The highest BCUT2D eigenvalue weighted by Gasteiger charge is 2.12. The number of nitrogens with zero attached hydrogens (tertiary/aromatic N) is 5. The first kappa shape index (κ1) is 16.0. The summed E-state index contributed by atoms with van der Waals surface area (Å²) in [5.41, 5.74) is 0. The Morgan fingerprint density at radius 3 is 2.65 bits per heavy atom. The lowest BCUT2D eigenvalue weighted by Gasteiger charge is -2.20. The van der Waals surface area contributed by atoms with Gasteiger partial charge in [0.25, 0.3) is 0 Å². The topological polar surface area (TPSA) is 87.0 Å². The van der Waals surface area contributed by atoms with Crippen molar-refractivity contribution in [2.24, 2.45) is 0 Å². The zero-order valence-electron chi connectivity index (χ0n) is 12.4. The van der Waals surface area contributed by atoms with Gasteiger partial charge in [0.2, 0.25) is 11.9 Å². The number of hydrogen-bond donors (Lipinski definition) is 1. The summed E-state index contributed by atoms with van der Waals surface area (Å²) >= 11 is 0. The van der Waals surface area contributed by atoms with Gasteiger partial charge in [-0.3, -0.25) is 0 Å². The van der Waals surface area contributed by atoms with E-state index in [1.165, 1.54) is 0 Å². The Morgan fingerprint density at radius 1 is 1.25 bits per heavy atom. The van der Waals surface area contributed by atoms with Crippen molar-refractivity contribution in [3.8, 4) is 12.1 Å². The molecule has 1 N–H and O–H groups in total. The van der Waals surface area contributed by atoms with Crippen LogP contribution in [-0.4, -0.2) is 41.2 Å². The molecule has 1 rings (SSSR count). The van der Waals surface area contributed by atoms with E-state index in [1.807, 2.05) is 25.7 Å². The van der Waals surface area contributed by atoms with Crippen LogP contribution < -0.4 is 15.0 Å². The number of aromatic nitrogens is 3. The van der Waals surface area contributed by atoms with Crippen LogP contribution in [0.2, 0.25) is 0 Å². The molecule has 7 nitrogen and oxygen atoms in total. The molecule has 0 aliphatic heterocycles. The monoisotopic (exact) mass is 278 g/mol. The summed E-state index contributed by atoms with van der Waals surface area (Å²) in [6.07, 6.45) is 1.32. The molecule has 0 bridgehead atoms. The molecule has 110 valence electrons. The molecule has 0 unspecified atom stereocenters. The third kappa shape index (κ3) is 4.88. The normalized spacial score (nSPS) is 9.90. The van der Waals surface area contributed by atoms with Crippen LogP contribution in [0.15, 0.2) is 0 Å². The fraction of sp³-hybridized carbons (Fsp3) is 0.692. The number of nitriles is 1. The first-order valence-corrected chi connectivity index (χ1v) is 6.99. The molecular formula is C13H22N6O. The van der Waals surface area contributed by atoms with Crippen molar-refractivity contribution >= 4 is 11.9 Å². The second-order valence-corrected chi connectivity index (χ2v) is 4.11. The minimum Gasteiger partial charge on any atom is -0.463 e. The maximum atomic E-state index is 8.70. The van der Waals surface area contributed by atoms with Gasteiger partial charge in [0, 0.05) is 19.6 Å². The predicted octanol–water partition coefficient (Wildman–Crippen LogP) is 1.83. The summed E-state index contributed by atoms with van der Waals surface area (Å²) in [5, 5.41) is 11.8. The Balaban J connectivity index is 2.96. The third-order valence-electron chi connectivity index (χ3n) is 2.53. The summed E-state index contributed by atoms with van der Waals surface area (Å²) in [6, 6.07) is 2.45. The first-order chi connectivity index (χ1) is 9.74. The Labute approximate surface area is 120 Å². The lowest BCUT2D eigenvalue weighted by molar-refractivity contribution is 0.292. The molecule has 0 aromatic carbocycles. The molecule has 20 heavy (non-hydrogen) atoms. The number of nitrogens with one attached hydrogen (secondary N) is 1. The largest absolute Gasteiger partial charge is 0.463 e. The highest BCUT2D eigenvalue weighted by molar-refractivity contribution is 5.38. The summed E-state index contributed by atoms with van der Waals surface area (Å²) < 4.78 is 5.49. The Kier molecular flexibility index (Phi) is 7.11. The Bertz CT molecular complexity index is 445. The Hall–Kier alpha value is -2.10. The van der Waals surface area contributed by atoms with Crippen LogP contribution in [0.5, 0.6) is 6.01 Å². The van der Waals surface area contributed by atoms with E-state index >= 15 is 0 Å². The minimum atomic E-state index is 0.322. The standard InChI is InChI=1S/C13H22N6O/c1-4-10-20-13-17-11(15-5-2)16-12(18-13)19(6-3)9-7-8-14/h4-7,9-10H2,1-3H3,(H,15,16,17,18). The van der Waals surface area contributed by atoms with E-state index in [2.05, 4.69) is 26.3 Å². The van der Waals surface area contributed by atoms with Crippen LogP contribution in [0.4, 0.5) is 11.9 Å². The van der Waals surface area contributed by atoms with Crippen molar-refractivity contribution in [2.45, 2.75) is 33.6 Å². The molecule has 0 fully saturated rings. The van der Waals surface area contributed by atoms with E-state index in [1.54, 1.807) is 0 Å². The summed E-state index contributed by atoms with van der Waals surface area (Å²) in [5.74, 6) is 1.04. The molecule has 0 amide bonds. The van der Waals surface area contributed by atoms with Gasteiger partial charge >= 0.3 is 6.01 Å². The molecule has 1 aromatic heterocycles. The van der Waals surface area contributed by atoms with Crippen molar-refractivity contribution < 1.29 is 4.74 Å². The molecule has 0 aliphatic carbocycles. The van der Waals surface area contributed by atoms with Crippen molar-refractivity contribution in [3.05, 3.63) is 0 Å². The van der Waals surface area contributed by atoms with Gasteiger partial charge in [-0.1, -0.05) is 6.92 Å². The van der Waals surface area contributed by atoms with Crippen LogP contribution >= 0.6 is 0 Å². The maximum Gasteiger partial charge on any atom is 0.323 e. The lowest BCUT2D eigenvalue weighted by atomic mass is 10.4. The molecule has 1 aromatic rings. The summed E-state index contributed by atoms with van der Waals surface area (Å²) in [7, 11) is 0. The van der Waals surface area contributed by atoms with Crippen molar-refractivity contribution in [1.29, 1.82) is 5.26 Å². The second kappa shape index (κ2) is 8.91. The number of ether oxygens (including phenoxy) is 1. The van der Waals surface area contributed by atoms with Gasteiger partial charge in [0.05, 0.1) is 19.1 Å². The quantitative estimate of drug-likeness (QED) is 0.737. The van der Waals surface area contributed by atoms with E-state index in [-0.39, 0.29) is 0 Å². The minimum absolute atomic E-state index is 0.322. The smallest absolute Gasteiger partial charge is 0.323 e. The molecule has 0 aliphatic rings. The Morgan fingerprint density at radius 2 is 2.05 bits per heavy atom. The molecular weight excluding hydrogens is 256 g/mol. The van der Waals surface area contributed by atoms with Crippen molar-refractivity contribution in [2.75, 3.05) is 36.5 Å². The van der Waals surface area contributed by atoms with Crippen molar-refractivity contribution in [3.63, 3.8) is 0 Å². The van der Waals surface area contributed by atoms with Gasteiger partial charge in [-0.25, -0.2) is 0 Å². The van der Waals surface area contributed by atoms with E-state index < -0.39 is 0 Å². The zero-order chi connectivity index (χ0) is 14.8. The SMILES string of the molecule is CCCOc1nc(NCC)nc(N(CC)CCC#N)n1. The molecule has 0 atom stereocenters. The summed E-state index contributed by atoms with van der Waals surface area (Å²) in [6.45, 7) is 8.61. The van der Waals surface area contributed by atoms with E-state index in [4.69, 9.17) is 10.00 Å². The van der Waals surface area contributed by atoms with Crippen LogP contribution in [0.3, 0.4) is 0 Å². The third-order valence-corrected chi connectivity index (χ3v) is 2.53.